The Morgan fingerprint density at radius 1 is 0.920 bits per heavy atom. The second kappa shape index (κ2) is 13.7. The maximum Gasteiger partial charge on any atom is 0.416 e. The first-order chi connectivity index (χ1) is 23.9. The number of hydrogen-bond acceptors (Lipinski definition) is 10. The second-order valence-electron chi connectivity index (χ2n) is 11.2. The summed E-state index contributed by atoms with van der Waals surface area (Å²) in [5.41, 5.74) is -0.126. The zero-order valence-corrected chi connectivity index (χ0v) is 28.2. The van der Waals surface area contributed by atoms with Crippen LogP contribution in [0.3, 0.4) is 0 Å². The molecule has 4 aromatic rings. The number of anilines is 2. The first-order valence-corrected chi connectivity index (χ1v) is 16.8. The topological polar surface area (TPSA) is 133 Å². The molecule has 3 heterocycles. The van der Waals surface area contributed by atoms with Gasteiger partial charge in [-0.1, -0.05) is 35.2 Å². The Morgan fingerprint density at radius 3 is 2.30 bits per heavy atom. The summed E-state index contributed by atoms with van der Waals surface area (Å²) in [7, 11) is 2.87. The number of fused-ring (bicyclic) bond motifs is 2. The minimum absolute atomic E-state index is 0.201. The van der Waals surface area contributed by atoms with E-state index in [4.69, 9.17) is 14.2 Å². The number of rotatable bonds is 9. The fraction of sp³-hybridized carbons (Fsp3) is 0.265. The molecule has 1 saturated heterocycles. The molecular weight excluding hydrogens is 700 g/mol. The molecule has 6 rings (SSSR count). The van der Waals surface area contributed by atoms with E-state index in [9.17, 15) is 37.1 Å². The van der Waals surface area contributed by atoms with Gasteiger partial charge < -0.3 is 19.5 Å². The SMILES string of the molecule is CCOC(=O)c1ccc(NC(=O)Cn2c3c(sc2=O)[C@@H](c2ccc(OC)c(OC)c2)C2C(=O)N(c4cccc(C(F)(F)F)c4)C(=O)C2S3)cc1. The van der Waals surface area contributed by atoms with E-state index in [2.05, 4.69) is 5.32 Å². The average molecular weight is 728 g/mol. The molecule has 0 bridgehead atoms. The van der Waals surface area contributed by atoms with Crippen molar-refractivity contribution in [3.05, 3.63) is 98.0 Å². The van der Waals surface area contributed by atoms with Crippen molar-refractivity contribution >= 4 is 58.2 Å². The molecule has 0 saturated carbocycles. The predicted octanol–water partition coefficient (Wildman–Crippen LogP) is 5.56. The number of halogens is 3. The summed E-state index contributed by atoms with van der Waals surface area (Å²) < 4.78 is 57.8. The summed E-state index contributed by atoms with van der Waals surface area (Å²) in [5, 5.41) is 1.83. The highest BCUT2D eigenvalue weighted by atomic mass is 32.2. The number of benzene rings is 3. The fourth-order valence-electron chi connectivity index (χ4n) is 5.98. The Kier molecular flexibility index (Phi) is 9.50. The molecule has 11 nitrogen and oxygen atoms in total. The van der Waals surface area contributed by atoms with Gasteiger partial charge >= 0.3 is 17.0 Å². The highest BCUT2D eigenvalue weighted by Crippen LogP contribution is 2.54. The van der Waals surface area contributed by atoms with E-state index < -0.39 is 63.9 Å². The molecule has 50 heavy (non-hydrogen) atoms. The Bertz CT molecular complexity index is 2060. The number of alkyl halides is 3. The summed E-state index contributed by atoms with van der Waals surface area (Å²) in [6, 6.07) is 14.8. The number of thioether (sulfide) groups is 1. The number of aromatic nitrogens is 1. The summed E-state index contributed by atoms with van der Waals surface area (Å²) >= 11 is 1.73. The van der Waals surface area contributed by atoms with E-state index in [-0.39, 0.29) is 22.9 Å². The number of hydrogen-bond donors (Lipinski definition) is 1. The van der Waals surface area contributed by atoms with Gasteiger partial charge in [-0.2, -0.15) is 13.2 Å². The standard InChI is InChI=1S/C34H28F3N3O8S2/c1-4-48-32(44)17-8-11-20(12-9-17)38-24(41)16-39-31-28(50-33(39)45)25(18-10-13-22(46-2)23(14-18)47-3)26-27(49-31)30(43)40(29(26)42)21-7-5-6-19(15-21)34(35,36)37/h5-15,25-27H,4,16H2,1-3H3,(H,38,41)/t25-,26?,27?/m0/s1. The largest absolute Gasteiger partial charge is 0.493 e. The van der Waals surface area contributed by atoms with Crippen LogP contribution < -0.4 is 24.6 Å². The number of methoxy groups -OCH3 is 2. The molecule has 2 unspecified atom stereocenters. The van der Waals surface area contributed by atoms with Crippen LogP contribution in [0.5, 0.6) is 11.5 Å². The van der Waals surface area contributed by atoms with Gasteiger partial charge in [0.1, 0.15) is 11.8 Å². The summed E-state index contributed by atoms with van der Waals surface area (Å²) in [5.74, 6) is -3.89. The number of esters is 1. The molecule has 1 aromatic heterocycles. The highest BCUT2D eigenvalue weighted by molar-refractivity contribution is 8.00. The van der Waals surface area contributed by atoms with Crippen molar-refractivity contribution in [2.45, 2.75) is 35.8 Å². The molecule has 0 spiro atoms. The monoisotopic (exact) mass is 727 g/mol. The number of amides is 3. The Hall–Kier alpha value is -5.09. The number of carbonyl (C=O) groups excluding carboxylic acids is 4. The van der Waals surface area contributed by atoms with E-state index in [0.717, 1.165) is 46.2 Å². The van der Waals surface area contributed by atoms with Crippen LogP contribution >= 0.6 is 23.1 Å². The van der Waals surface area contributed by atoms with Gasteiger partial charge in [-0.05, 0) is 67.1 Å². The Labute approximate surface area is 290 Å². The molecule has 3 atom stereocenters. The zero-order valence-electron chi connectivity index (χ0n) is 26.6. The maximum absolute atomic E-state index is 14.1. The third-order valence-electron chi connectivity index (χ3n) is 8.23. The lowest BCUT2D eigenvalue weighted by Gasteiger charge is -2.31. The summed E-state index contributed by atoms with van der Waals surface area (Å²) in [4.78, 5) is 67.5. The third-order valence-corrected chi connectivity index (χ3v) is 10.8. The smallest absolute Gasteiger partial charge is 0.416 e. The van der Waals surface area contributed by atoms with Crippen LogP contribution in [0.1, 0.15) is 39.2 Å². The van der Waals surface area contributed by atoms with Crippen molar-refractivity contribution in [3.8, 4) is 11.5 Å². The van der Waals surface area contributed by atoms with Crippen molar-refractivity contribution in [1.29, 1.82) is 0 Å². The van der Waals surface area contributed by atoms with Gasteiger partial charge in [0, 0.05) is 16.5 Å². The normalized spacial score (nSPS) is 18.4. The molecule has 2 aliphatic heterocycles. The predicted molar refractivity (Wildman–Crippen MR) is 178 cm³/mol. The lowest BCUT2D eigenvalue weighted by molar-refractivity contribution is -0.137. The highest BCUT2D eigenvalue weighted by Gasteiger charge is 2.57. The van der Waals surface area contributed by atoms with E-state index in [1.807, 2.05) is 0 Å². The number of imide groups is 1. The van der Waals surface area contributed by atoms with Gasteiger partial charge in [0.15, 0.2) is 11.5 Å². The summed E-state index contributed by atoms with van der Waals surface area (Å²) in [6.07, 6.45) is -4.71. The van der Waals surface area contributed by atoms with E-state index >= 15 is 0 Å². The molecule has 2 aliphatic rings. The van der Waals surface area contributed by atoms with Gasteiger partial charge in [0.2, 0.25) is 17.7 Å². The van der Waals surface area contributed by atoms with E-state index in [0.29, 0.717) is 27.6 Å². The molecule has 1 fully saturated rings. The van der Waals surface area contributed by atoms with Gasteiger partial charge in [-0.15, -0.1) is 0 Å². The van der Waals surface area contributed by atoms with Crippen molar-refractivity contribution in [3.63, 3.8) is 0 Å². The van der Waals surface area contributed by atoms with E-state index in [1.54, 1.807) is 25.1 Å². The van der Waals surface area contributed by atoms with Gasteiger partial charge in [-0.25, -0.2) is 9.69 Å². The number of nitrogens with zero attached hydrogens (tertiary/aromatic N) is 2. The lowest BCUT2D eigenvalue weighted by atomic mass is 9.83. The number of carbonyl (C=O) groups is 4. The zero-order chi connectivity index (χ0) is 35.9. The average Bonchev–Trinajstić information content (AvgIpc) is 3.54. The molecule has 3 amide bonds. The van der Waals surface area contributed by atoms with Crippen molar-refractivity contribution in [1.82, 2.24) is 4.57 Å². The first-order valence-electron chi connectivity index (χ1n) is 15.1. The molecule has 1 N–H and O–H groups in total. The van der Waals surface area contributed by atoms with Crippen LogP contribution in [0.25, 0.3) is 0 Å². The van der Waals surface area contributed by atoms with Gasteiger partial charge in [-0.3, -0.25) is 23.7 Å². The quantitative estimate of drug-likeness (QED) is 0.174. The van der Waals surface area contributed by atoms with Gasteiger partial charge in [0.05, 0.1) is 48.6 Å². The Balaban J connectivity index is 1.38. The lowest BCUT2D eigenvalue weighted by Crippen LogP contribution is -2.33. The molecule has 16 heteroatoms. The van der Waals surface area contributed by atoms with Gasteiger partial charge in [0.25, 0.3) is 0 Å². The molecule has 0 aliphatic carbocycles. The molecule has 3 aromatic carbocycles. The van der Waals surface area contributed by atoms with Crippen molar-refractivity contribution < 1.29 is 46.6 Å². The van der Waals surface area contributed by atoms with Crippen LogP contribution in [-0.4, -0.2) is 54.3 Å². The third kappa shape index (κ3) is 6.35. The summed E-state index contributed by atoms with van der Waals surface area (Å²) in [6.45, 7) is 1.43. The Morgan fingerprint density at radius 2 is 1.64 bits per heavy atom. The van der Waals surface area contributed by atoms with E-state index in [1.165, 1.54) is 49.1 Å². The van der Waals surface area contributed by atoms with Crippen LogP contribution in [0.4, 0.5) is 24.5 Å². The second-order valence-corrected chi connectivity index (χ2v) is 13.3. The van der Waals surface area contributed by atoms with Crippen molar-refractivity contribution in [2.75, 3.05) is 31.0 Å². The minimum atomic E-state index is -4.71. The van der Waals surface area contributed by atoms with Crippen LogP contribution in [0, 0.1) is 5.92 Å². The molecule has 260 valence electrons. The van der Waals surface area contributed by atoms with Crippen molar-refractivity contribution in [2.24, 2.45) is 5.92 Å². The number of nitrogens with one attached hydrogen (secondary N) is 1. The number of ether oxygens (including phenoxy) is 3. The minimum Gasteiger partial charge on any atom is -0.493 e. The number of thiazole rings is 1. The molecule has 0 radical (unpaired) electrons. The maximum atomic E-state index is 14.1. The molecular formula is C34H28F3N3O8S2. The van der Waals surface area contributed by atoms with Crippen LogP contribution in [0.15, 0.2) is 76.6 Å². The van der Waals surface area contributed by atoms with Crippen LogP contribution in [-0.2, 0) is 31.8 Å². The fourth-order valence-corrected chi connectivity index (χ4v) is 8.76. The first kappa shape index (κ1) is 34.8. The van der Waals surface area contributed by atoms with Crippen LogP contribution in [0.2, 0.25) is 0 Å².